The zero-order valence-electron chi connectivity index (χ0n) is 9.66. The molecule has 1 aliphatic carbocycles. The SMILES string of the molecule is Cc1c(Cl)cccc1NC(=O)NC1CCC1N. The third-order valence-corrected chi connectivity index (χ3v) is 3.57. The average Bonchev–Trinajstić information content (AvgIpc) is 2.30. The Balaban J connectivity index is 1.96. The smallest absolute Gasteiger partial charge is 0.319 e. The molecule has 5 heteroatoms. The van der Waals surface area contributed by atoms with Crippen LogP contribution in [0.25, 0.3) is 0 Å². The summed E-state index contributed by atoms with van der Waals surface area (Å²) in [7, 11) is 0. The number of rotatable bonds is 2. The van der Waals surface area contributed by atoms with E-state index in [4.69, 9.17) is 17.3 Å². The van der Waals surface area contributed by atoms with Crippen LogP contribution in [0.5, 0.6) is 0 Å². The van der Waals surface area contributed by atoms with Crippen molar-refractivity contribution in [1.82, 2.24) is 5.32 Å². The number of urea groups is 1. The lowest BCUT2D eigenvalue weighted by Gasteiger charge is -2.34. The van der Waals surface area contributed by atoms with Gasteiger partial charge in [-0.2, -0.15) is 0 Å². The Morgan fingerprint density at radius 2 is 2.24 bits per heavy atom. The van der Waals surface area contributed by atoms with Gasteiger partial charge in [0.05, 0.1) is 0 Å². The van der Waals surface area contributed by atoms with E-state index in [1.165, 1.54) is 0 Å². The molecule has 2 rings (SSSR count). The lowest BCUT2D eigenvalue weighted by atomic mass is 9.87. The van der Waals surface area contributed by atoms with E-state index in [1.807, 2.05) is 13.0 Å². The van der Waals surface area contributed by atoms with Crippen molar-refractivity contribution in [3.63, 3.8) is 0 Å². The van der Waals surface area contributed by atoms with Gasteiger partial charge in [-0.1, -0.05) is 17.7 Å². The van der Waals surface area contributed by atoms with E-state index < -0.39 is 0 Å². The second-order valence-corrected chi connectivity index (χ2v) is 4.77. The molecule has 0 radical (unpaired) electrons. The molecule has 0 spiro atoms. The van der Waals surface area contributed by atoms with Gasteiger partial charge in [-0.3, -0.25) is 0 Å². The molecule has 0 saturated heterocycles. The molecule has 2 unspecified atom stereocenters. The van der Waals surface area contributed by atoms with Crippen molar-refractivity contribution in [2.24, 2.45) is 5.73 Å². The second-order valence-electron chi connectivity index (χ2n) is 4.36. The summed E-state index contributed by atoms with van der Waals surface area (Å²) in [6.07, 6.45) is 1.92. The quantitative estimate of drug-likeness (QED) is 0.757. The number of hydrogen-bond acceptors (Lipinski definition) is 2. The molecule has 1 aliphatic rings. The molecule has 4 nitrogen and oxygen atoms in total. The van der Waals surface area contributed by atoms with Crippen molar-refractivity contribution in [3.8, 4) is 0 Å². The third kappa shape index (κ3) is 2.70. The largest absolute Gasteiger partial charge is 0.334 e. The van der Waals surface area contributed by atoms with Crippen molar-refractivity contribution in [1.29, 1.82) is 0 Å². The number of halogens is 1. The highest BCUT2D eigenvalue weighted by Crippen LogP contribution is 2.23. The summed E-state index contributed by atoms with van der Waals surface area (Å²) < 4.78 is 0. The molecule has 17 heavy (non-hydrogen) atoms. The summed E-state index contributed by atoms with van der Waals surface area (Å²) in [4.78, 5) is 11.7. The van der Waals surface area contributed by atoms with Crippen LogP contribution in [-0.2, 0) is 0 Å². The molecule has 0 aromatic heterocycles. The minimum atomic E-state index is -0.226. The maximum atomic E-state index is 11.7. The Kier molecular flexibility index (Phi) is 3.54. The molecule has 1 saturated carbocycles. The van der Waals surface area contributed by atoms with Gasteiger partial charge < -0.3 is 16.4 Å². The molecule has 0 heterocycles. The fourth-order valence-electron chi connectivity index (χ4n) is 1.77. The first kappa shape index (κ1) is 12.2. The monoisotopic (exact) mass is 253 g/mol. The summed E-state index contributed by atoms with van der Waals surface area (Å²) >= 11 is 5.97. The number of benzene rings is 1. The van der Waals surface area contributed by atoms with Crippen molar-refractivity contribution in [3.05, 3.63) is 28.8 Å². The van der Waals surface area contributed by atoms with Crippen molar-refractivity contribution >= 4 is 23.3 Å². The Labute approximate surface area is 106 Å². The summed E-state index contributed by atoms with van der Waals surface area (Å²) in [6.45, 7) is 1.87. The van der Waals surface area contributed by atoms with Crippen LogP contribution in [0.2, 0.25) is 5.02 Å². The van der Waals surface area contributed by atoms with Crippen molar-refractivity contribution < 1.29 is 4.79 Å². The van der Waals surface area contributed by atoms with E-state index in [0.29, 0.717) is 5.02 Å². The number of anilines is 1. The zero-order valence-corrected chi connectivity index (χ0v) is 10.4. The van der Waals surface area contributed by atoms with Crippen LogP contribution in [0.1, 0.15) is 18.4 Å². The Hall–Kier alpha value is -1.26. The average molecular weight is 254 g/mol. The minimum absolute atomic E-state index is 0.0845. The van der Waals surface area contributed by atoms with Gasteiger partial charge in [0.2, 0.25) is 0 Å². The van der Waals surface area contributed by atoms with E-state index in [2.05, 4.69) is 10.6 Å². The minimum Gasteiger partial charge on any atom is -0.334 e. The molecule has 2 atom stereocenters. The van der Waals surface area contributed by atoms with Gasteiger partial charge in [-0.15, -0.1) is 0 Å². The van der Waals surface area contributed by atoms with Gasteiger partial charge in [0.1, 0.15) is 0 Å². The lowest BCUT2D eigenvalue weighted by Crippen LogP contribution is -2.55. The first-order valence-electron chi connectivity index (χ1n) is 5.66. The molecule has 92 valence electrons. The lowest BCUT2D eigenvalue weighted by molar-refractivity contribution is 0.232. The van der Waals surface area contributed by atoms with Gasteiger partial charge in [-0.05, 0) is 37.5 Å². The first-order chi connectivity index (χ1) is 8.08. The maximum Gasteiger partial charge on any atom is 0.319 e. The highest BCUT2D eigenvalue weighted by atomic mass is 35.5. The van der Waals surface area contributed by atoms with Gasteiger partial charge in [-0.25, -0.2) is 4.79 Å². The van der Waals surface area contributed by atoms with Gasteiger partial charge in [0.15, 0.2) is 0 Å². The van der Waals surface area contributed by atoms with Crippen LogP contribution in [0.4, 0.5) is 10.5 Å². The summed E-state index contributed by atoms with van der Waals surface area (Å²) in [5.74, 6) is 0. The molecule has 2 amide bonds. The maximum absolute atomic E-state index is 11.7. The molecule has 1 aromatic rings. The highest BCUT2D eigenvalue weighted by Gasteiger charge is 2.28. The van der Waals surface area contributed by atoms with E-state index >= 15 is 0 Å². The van der Waals surface area contributed by atoms with Gasteiger partial charge >= 0.3 is 6.03 Å². The van der Waals surface area contributed by atoms with Gasteiger partial charge in [0, 0.05) is 22.8 Å². The number of nitrogens with one attached hydrogen (secondary N) is 2. The van der Waals surface area contributed by atoms with Crippen LogP contribution < -0.4 is 16.4 Å². The number of hydrogen-bond donors (Lipinski definition) is 3. The molecule has 1 aromatic carbocycles. The topological polar surface area (TPSA) is 67.2 Å². The van der Waals surface area contributed by atoms with Crippen LogP contribution >= 0.6 is 11.6 Å². The second kappa shape index (κ2) is 4.94. The number of nitrogens with two attached hydrogens (primary N) is 1. The summed E-state index contributed by atoms with van der Waals surface area (Å²) in [6, 6.07) is 5.37. The Bertz CT molecular complexity index is 436. The predicted molar refractivity (Wildman–Crippen MR) is 69.3 cm³/mol. The summed E-state index contributed by atoms with van der Waals surface area (Å²) in [5.41, 5.74) is 7.34. The fourth-order valence-corrected chi connectivity index (χ4v) is 1.95. The summed E-state index contributed by atoms with van der Waals surface area (Å²) in [5, 5.41) is 6.27. The van der Waals surface area contributed by atoms with Gasteiger partial charge in [0.25, 0.3) is 0 Å². The van der Waals surface area contributed by atoms with Crippen molar-refractivity contribution in [2.45, 2.75) is 31.8 Å². The molecule has 4 N–H and O–H groups in total. The molecule has 0 bridgehead atoms. The molecule has 0 aliphatic heterocycles. The molecular formula is C12H16ClN3O. The van der Waals surface area contributed by atoms with Crippen LogP contribution in [-0.4, -0.2) is 18.1 Å². The molecule has 1 fully saturated rings. The zero-order chi connectivity index (χ0) is 12.4. The van der Waals surface area contributed by atoms with Crippen LogP contribution in [0.3, 0.4) is 0 Å². The third-order valence-electron chi connectivity index (χ3n) is 3.16. The van der Waals surface area contributed by atoms with E-state index in [-0.39, 0.29) is 18.1 Å². The van der Waals surface area contributed by atoms with E-state index in [0.717, 1.165) is 24.1 Å². The number of carbonyl (C=O) groups is 1. The van der Waals surface area contributed by atoms with E-state index in [1.54, 1.807) is 12.1 Å². The highest BCUT2D eigenvalue weighted by molar-refractivity contribution is 6.31. The van der Waals surface area contributed by atoms with Crippen LogP contribution in [0, 0.1) is 6.92 Å². The van der Waals surface area contributed by atoms with E-state index in [9.17, 15) is 4.79 Å². The Morgan fingerprint density at radius 1 is 1.47 bits per heavy atom. The Morgan fingerprint density at radius 3 is 2.82 bits per heavy atom. The number of amides is 2. The molecular weight excluding hydrogens is 238 g/mol. The first-order valence-corrected chi connectivity index (χ1v) is 6.04. The predicted octanol–water partition coefficient (Wildman–Crippen LogP) is 2.26. The normalized spacial score (nSPS) is 22.8. The van der Waals surface area contributed by atoms with Crippen LogP contribution in [0.15, 0.2) is 18.2 Å². The number of carbonyl (C=O) groups excluding carboxylic acids is 1. The van der Waals surface area contributed by atoms with Crippen molar-refractivity contribution in [2.75, 3.05) is 5.32 Å². The standard InChI is InChI=1S/C12H16ClN3O/c1-7-8(13)3-2-4-10(7)15-12(17)16-11-6-5-9(11)14/h2-4,9,11H,5-6,14H2,1H3,(H2,15,16,17). The fraction of sp³-hybridized carbons (Fsp3) is 0.417.